The van der Waals surface area contributed by atoms with Gasteiger partial charge in [-0.3, -0.25) is 0 Å². The molecule has 1 aliphatic heterocycles. The zero-order valence-corrected chi connectivity index (χ0v) is 7.01. The van der Waals surface area contributed by atoms with Crippen LogP contribution in [0.2, 0.25) is 0 Å². The van der Waals surface area contributed by atoms with E-state index in [9.17, 15) is 0 Å². The third-order valence-electron chi connectivity index (χ3n) is 2.37. The van der Waals surface area contributed by atoms with E-state index in [1.165, 1.54) is 5.56 Å². The Labute approximate surface area is 75.2 Å². The Morgan fingerprint density at radius 3 is 3.08 bits per heavy atom. The molecule has 0 aliphatic carbocycles. The molecule has 0 spiro atoms. The summed E-state index contributed by atoms with van der Waals surface area (Å²) in [5.41, 5.74) is 2.44. The Hall–Kier alpha value is -1.71. The van der Waals surface area contributed by atoms with Crippen LogP contribution in [-0.4, -0.2) is 20.2 Å². The zero-order valence-electron chi connectivity index (χ0n) is 7.01. The van der Waals surface area contributed by atoms with E-state index in [1.54, 1.807) is 0 Å². The highest BCUT2D eigenvalue weighted by Crippen LogP contribution is 2.20. The largest absolute Gasteiger partial charge is 0.197 e. The number of nitrogens with zero attached hydrogens (tertiary/aromatic N) is 4. The highest BCUT2D eigenvalue weighted by atomic mass is 15.5. The molecule has 1 aromatic carbocycles. The number of hydrogen-bond donors (Lipinski definition) is 0. The molecule has 0 unspecified atom stereocenters. The van der Waals surface area contributed by atoms with Crippen molar-refractivity contribution in [3.05, 3.63) is 35.7 Å². The third-order valence-corrected chi connectivity index (χ3v) is 2.37. The summed E-state index contributed by atoms with van der Waals surface area (Å²) in [7, 11) is 0. The number of benzene rings is 1. The Morgan fingerprint density at radius 1 is 1.15 bits per heavy atom. The van der Waals surface area contributed by atoms with Gasteiger partial charge in [0.25, 0.3) is 0 Å². The van der Waals surface area contributed by atoms with Gasteiger partial charge >= 0.3 is 0 Å². The van der Waals surface area contributed by atoms with Gasteiger partial charge in [-0.2, -0.15) is 4.68 Å². The molecule has 0 fully saturated rings. The summed E-state index contributed by atoms with van der Waals surface area (Å²) in [4.78, 5) is 0. The molecule has 4 heteroatoms. The zero-order chi connectivity index (χ0) is 8.67. The highest BCUT2D eigenvalue weighted by molar-refractivity contribution is 5.42. The van der Waals surface area contributed by atoms with Crippen molar-refractivity contribution in [3.8, 4) is 5.69 Å². The molecule has 0 amide bonds. The van der Waals surface area contributed by atoms with Crippen molar-refractivity contribution < 1.29 is 0 Å². The molecule has 0 saturated carbocycles. The van der Waals surface area contributed by atoms with E-state index in [2.05, 4.69) is 21.6 Å². The second-order valence-electron chi connectivity index (χ2n) is 3.14. The Bertz CT molecular complexity index is 446. The van der Waals surface area contributed by atoms with Crippen molar-refractivity contribution in [2.75, 3.05) is 0 Å². The first-order valence-electron chi connectivity index (χ1n) is 4.31. The molecule has 13 heavy (non-hydrogen) atoms. The monoisotopic (exact) mass is 172 g/mol. The van der Waals surface area contributed by atoms with Gasteiger partial charge in [-0.1, -0.05) is 18.2 Å². The van der Waals surface area contributed by atoms with Gasteiger partial charge in [-0.05, 0) is 28.5 Å². The number of para-hydroxylation sites is 1. The van der Waals surface area contributed by atoms with Crippen LogP contribution in [0, 0.1) is 0 Å². The summed E-state index contributed by atoms with van der Waals surface area (Å²) in [6.45, 7) is 0. The average Bonchev–Trinajstić information content (AvgIpc) is 2.65. The third kappa shape index (κ3) is 0.884. The van der Waals surface area contributed by atoms with Gasteiger partial charge in [-0.25, -0.2) is 0 Å². The first kappa shape index (κ1) is 6.77. The first-order chi connectivity index (χ1) is 6.45. The van der Waals surface area contributed by atoms with Crippen molar-refractivity contribution in [3.63, 3.8) is 0 Å². The summed E-state index contributed by atoms with van der Waals surface area (Å²) in [5.74, 6) is 0.957. The van der Waals surface area contributed by atoms with Gasteiger partial charge < -0.3 is 0 Å². The van der Waals surface area contributed by atoms with Crippen LogP contribution < -0.4 is 0 Å². The van der Waals surface area contributed by atoms with Crippen LogP contribution in [-0.2, 0) is 12.8 Å². The Morgan fingerprint density at radius 2 is 2.08 bits per heavy atom. The lowest BCUT2D eigenvalue weighted by atomic mass is 10.0. The number of aromatic nitrogens is 4. The molecule has 0 N–H and O–H groups in total. The Balaban J connectivity index is 2.30. The van der Waals surface area contributed by atoms with Crippen molar-refractivity contribution in [2.45, 2.75) is 12.8 Å². The van der Waals surface area contributed by atoms with E-state index in [0.717, 1.165) is 24.4 Å². The second-order valence-corrected chi connectivity index (χ2v) is 3.14. The van der Waals surface area contributed by atoms with E-state index in [-0.39, 0.29) is 0 Å². The summed E-state index contributed by atoms with van der Waals surface area (Å²) in [6, 6.07) is 8.23. The number of hydrogen-bond acceptors (Lipinski definition) is 3. The van der Waals surface area contributed by atoms with E-state index >= 15 is 0 Å². The van der Waals surface area contributed by atoms with Crippen LogP contribution in [0.5, 0.6) is 0 Å². The minimum atomic E-state index is 0.935. The molecule has 2 heterocycles. The SMILES string of the molecule is c1ccc2c(c1)CCc1nnnn1-2. The lowest BCUT2D eigenvalue weighted by Gasteiger charge is -2.14. The number of rotatable bonds is 0. The maximum Gasteiger partial charge on any atom is 0.157 e. The summed E-state index contributed by atoms with van der Waals surface area (Å²) in [5, 5.41) is 11.6. The van der Waals surface area contributed by atoms with E-state index in [0.29, 0.717) is 0 Å². The second kappa shape index (κ2) is 2.39. The lowest BCUT2D eigenvalue weighted by molar-refractivity contribution is 0.711. The highest BCUT2D eigenvalue weighted by Gasteiger charge is 2.16. The molecule has 0 saturated heterocycles. The molecule has 64 valence electrons. The molecule has 3 rings (SSSR count). The fourth-order valence-corrected chi connectivity index (χ4v) is 1.72. The van der Waals surface area contributed by atoms with Crippen LogP contribution in [0.25, 0.3) is 5.69 Å². The van der Waals surface area contributed by atoms with Crippen molar-refractivity contribution in [2.24, 2.45) is 0 Å². The molecule has 4 nitrogen and oxygen atoms in total. The number of fused-ring (bicyclic) bond motifs is 3. The minimum Gasteiger partial charge on any atom is -0.197 e. The predicted molar refractivity (Wildman–Crippen MR) is 46.6 cm³/mol. The molecular formula is C9H8N4. The molecule has 1 aromatic heterocycles. The summed E-state index contributed by atoms with van der Waals surface area (Å²) < 4.78 is 1.82. The summed E-state index contributed by atoms with van der Waals surface area (Å²) >= 11 is 0. The minimum absolute atomic E-state index is 0.935. The normalized spacial score (nSPS) is 13.5. The van der Waals surface area contributed by atoms with Crippen LogP contribution in [0.3, 0.4) is 0 Å². The van der Waals surface area contributed by atoms with Crippen LogP contribution in [0.4, 0.5) is 0 Å². The number of tetrazole rings is 1. The first-order valence-corrected chi connectivity index (χ1v) is 4.31. The van der Waals surface area contributed by atoms with Crippen LogP contribution >= 0.6 is 0 Å². The fourth-order valence-electron chi connectivity index (χ4n) is 1.72. The number of aryl methyl sites for hydroxylation is 2. The van der Waals surface area contributed by atoms with Crippen molar-refractivity contribution in [1.82, 2.24) is 20.2 Å². The van der Waals surface area contributed by atoms with Crippen molar-refractivity contribution >= 4 is 0 Å². The van der Waals surface area contributed by atoms with Gasteiger partial charge in [0.2, 0.25) is 0 Å². The molecule has 0 bridgehead atoms. The smallest absolute Gasteiger partial charge is 0.157 e. The molecule has 1 aliphatic rings. The molecule has 0 atom stereocenters. The standard InChI is InChI=1S/C9H8N4/c1-2-4-8-7(3-1)5-6-9-10-11-12-13(8)9/h1-4H,5-6H2. The average molecular weight is 172 g/mol. The Kier molecular flexibility index (Phi) is 1.24. The quantitative estimate of drug-likeness (QED) is 0.589. The van der Waals surface area contributed by atoms with Gasteiger partial charge in [0.1, 0.15) is 0 Å². The lowest BCUT2D eigenvalue weighted by Crippen LogP contribution is -2.13. The van der Waals surface area contributed by atoms with Crippen LogP contribution in [0.15, 0.2) is 24.3 Å². The van der Waals surface area contributed by atoms with E-state index in [1.807, 2.05) is 22.9 Å². The molecule has 0 radical (unpaired) electrons. The maximum atomic E-state index is 3.96. The van der Waals surface area contributed by atoms with E-state index < -0.39 is 0 Å². The van der Waals surface area contributed by atoms with Gasteiger partial charge in [0.15, 0.2) is 5.82 Å². The van der Waals surface area contributed by atoms with E-state index in [4.69, 9.17) is 0 Å². The predicted octanol–water partition coefficient (Wildman–Crippen LogP) is 0.761. The fraction of sp³-hybridized carbons (Fsp3) is 0.222. The summed E-state index contributed by atoms with van der Waals surface area (Å²) in [6.07, 6.45) is 1.97. The topological polar surface area (TPSA) is 43.6 Å². The van der Waals surface area contributed by atoms with Gasteiger partial charge in [0.05, 0.1) is 5.69 Å². The van der Waals surface area contributed by atoms with Gasteiger partial charge in [-0.15, -0.1) is 5.10 Å². The van der Waals surface area contributed by atoms with Crippen LogP contribution in [0.1, 0.15) is 11.4 Å². The molecule has 2 aromatic rings. The van der Waals surface area contributed by atoms with Gasteiger partial charge in [0, 0.05) is 6.42 Å². The molecular weight excluding hydrogens is 164 g/mol. The van der Waals surface area contributed by atoms with Crippen molar-refractivity contribution in [1.29, 1.82) is 0 Å². The maximum absolute atomic E-state index is 3.96.